The van der Waals surface area contributed by atoms with Crippen LogP contribution in [0.25, 0.3) is 0 Å². The van der Waals surface area contributed by atoms with Gasteiger partial charge in [-0.2, -0.15) is 0 Å². The lowest BCUT2D eigenvalue weighted by Crippen LogP contribution is -2.35. The van der Waals surface area contributed by atoms with Gasteiger partial charge in [-0.25, -0.2) is 9.13 Å². The normalized spacial score (nSPS) is 17.5. The van der Waals surface area contributed by atoms with Crippen molar-refractivity contribution in [1.29, 1.82) is 0 Å². The zero-order valence-electron chi connectivity index (χ0n) is 21.7. The van der Waals surface area contributed by atoms with Crippen LogP contribution in [0.15, 0.2) is 121 Å². The Labute approximate surface area is 234 Å². The first-order valence-electron chi connectivity index (χ1n) is 13.0. The fourth-order valence-electron chi connectivity index (χ4n) is 4.20. The first-order valence-corrected chi connectivity index (χ1v) is 16.0. The number of hydrogen-bond donors (Lipinski definition) is 0. The Kier molecular flexibility index (Phi) is 9.25. The molecule has 0 unspecified atom stereocenters. The summed E-state index contributed by atoms with van der Waals surface area (Å²) in [7, 11) is -8.44. The molecule has 2 atom stereocenters. The Morgan fingerprint density at radius 2 is 0.675 bits per heavy atom. The van der Waals surface area contributed by atoms with Gasteiger partial charge in [0.25, 0.3) is 0 Å². The Morgan fingerprint density at radius 3 is 0.925 bits per heavy atom. The van der Waals surface area contributed by atoms with Crippen LogP contribution in [0.4, 0.5) is 0 Å². The van der Waals surface area contributed by atoms with E-state index < -0.39 is 27.9 Å². The molecule has 5 rings (SSSR count). The molecule has 40 heavy (non-hydrogen) atoms. The Bertz CT molecular complexity index is 1220. The lowest BCUT2D eigenvalue weighted by Gasteiger charge is -2.34. The third kappa shape index (κ3) is 8.00. The zero-order valence-corrected chi connectivity index (χ0v) is 23.5. The molecule has 1 aliphatic rings. The molecule has 8 nitrogen and oxygen atoms in total. The quantitative estimate of drug-likeness (QED) is 0.154. The van der Waals surface area contributed by atoms with Gasteiger partial charge in [0.2, 0.25) is 0 Å². The van der Waals surface area contributed by atoms with Crippen molar-refractivity contribution in [2.24, 2.45) is 0 Å². The maximum atomic E-state index is 14.1. The number of benzene rings is 4. The molecule has 10 heteroatoms. The van der Waals surface area contributed by atoms with Gasteiger partial charge in [0.05, 0.1) is 12.2 Å². The fraction of sp³-hybridized carbons (Fsp3) is 0.200. The van der Waals surface area contributed by atoms with Crippen LogP contribution in [-0.2, 0) is 18.2 Å². The van der Waals surface area contributed by atoms with Crippen molar-refractivity contribution >= 4 is 15.6 Å². The van der Waals surface area contributed by atoms with Gasteiger partial charge in [0, 0.05) is 0 Å². The highest BCUT2D eigenvalue weighted by Crippen LogP contribution is 2.56. The molecule has 4 aromatic carbocycles. The largest absolute Gasteiger partial charge is 0.587 e. The van der Waals surface area contributed by atoms with Gasteiger partial charge in [-0.05, 0) is 61.4 Å². The van der Waals surface area contributed by atoms with Crippen LogP contribution in [-0.4, -0.2) is 12.2 Å². The number of rotatable bonds is 12. The Balaban J connectivity index is 1.40. The maximum Gasteiger partial charge on any atom is 0.587 e. The van der Waals surface area contributed by atoms with E-state index in [0.717, 1.165) is 12.8 Å². The average Bonchev–Trinajstić information content (AvgIpc) is 2.96. The van der Waals surface area contributed by atoms with Gasteiger partial charge in [-0.3, -0.25) is 9.05 Å². The minimum Gasteiger partial charge on any atom is -0.395 e. The van der Waals surface area contributed by atoms with Crippen LogP contribution in [0.3, 0.4) is 0 Å². The van der Waals surface area contributed by atoms with Gasteiger partial charge in [0.15, 0.2) is 0 Å². The lowest BCUT2D eigenvalue weighted by molar-refractivity contribution is -0.00382. The maximum absolute atomic E-state index is 14.1. The van der Waals surface area contributed by atoms with Crippen molar-refractivity contribution in [3.63, 3.8) is 0 Å². The van der Waals surface area contributed by atoms with Crippen LogP contribution in [0.5, 0.6) is 23.0 Å². The van der Waals surface area contributed by atoms with Gasteiger partial charge >= 0.3 is 15.6 Å². The van der Waals surface area contributed by atoms with E-state index in [-0.39, 0.29) is 0 Å². The lowest BCUT2D eigenvalue weighted by atomic mass is 9.95. The molecule has 0 aromatic heterocycles. The minimum atomic E-state index is -4.22. The van der Waals surface area contributed by atoms with E-state index >= 15 is 0 Å². The summed E-state index contributed by atoms with van der Waals surface area (Å²) in [5, 5.41) is 0. The molecule has 0 spiro atoms. The number of hydrogen-bond acceptors (Lipinski definition) is 8. The highest BCUT2D eigenvalue weighted by molar-refractivity contribution is 7.49. The monoisotopic (exact) mass is 580 g/mol. The van der Waals surface area contributed by atoms with Crippen molar-refractivity contribution in [2.75, 3.05) is 0 Å². The first kappa shape index (κ1) is 28.0. The summed E-state index contributed by atoms with van der Waals surface area (Å²) >= 11 is 0. The van der Waals surface area contributed by atoms with E-state index in [1.165, 1.54) is 0 Å². The molecule has 0 saturated heterocycles. The third-order valence-corrected chi connectivity index (χ3v) is 8.81. The van der Waals surface area contributed by atoms with E-state index in [1.54, 1.807) is 97.1 Å². The van der Waals surface area contributed by atoms with Gasteiger partial charge in [-0.1, -0.05) is 85.6 Å². The Hall–Kier alpha value is -3.54. The van der Waals surface area contributed by atoms with Crippen LogP contribution >= 0.6 is 15.6 Å². The minimum absolute atomic E-state index is 0.320. The molecule has 4 aromatic rings. The molecular formula is C30H30O8P2. The van der Waals surface area contributed by atoms with Crippen LogP contribution < -0.4 is 18.1 Å². The van der Waals surface area contributed by atoms with E-state index in [2.05, 4.69) is 0 Å². The summed E-state index contributed by atoms with van der Waals surface area (Å²) in [5.41, 5.74) is 0. The topological polar surface area (TPSA) is 89.5 Å². The number of phosphoric acid groups is 2. The SMILES string of the molecule is O=P(Oc1ccccc1)(Oc1ccccc1)O[C@H]1CCCC[C@H]1OP(=O)(Oc1ccccc1)Oc1ccccc1. The summed E-state index contributed by atoms with van der Waals surface area (Å²) in [6, 6.07) is 34.6. The third-order valence-electron chi connectivity index (χ3n) is 6.01. The molecule has 0 N–H and O–H groups in total. The first-order chi connectivity index (χ1) is 19.5. The second-order valence-electron chi connectivity index (χ2n) is 9.08. The predicted octanol–water partition coefficient (Wildman–Crippen LogP) is 8.86. The Morgan fingerprint density at radius 1 is 0.425 bits per heavy atom. The number of para-hydroxylation sites is 4. The predicted molar refractivity (Wildman–Crippen MR) is 152 cm³/mol. The molecule has 0 bridgehead atoms. The van der Waals surface area contributed by atoms with Crippen molar-refractivity contribution in [2.45, 2.75) is 37.9 Å². The van der Waals surface area contributed by atoms with Crippen molar-refractivity contribution in [3.8, 4) is 23.0 Å². The zero-order chi connectivity index (χ0) is 27.7. The summed E-state index contributed by atoms with van der Waals surface area (Å²) in [6.45, 7) is 0. The molecule has 1 fully saturated rings. The second kappa shape index (κ2) is 13.2. The van der Waals surface area contributed by atoms with E-state index in [1.807, 2.05) is 24.3 Å². The summed E-state index contributed by atoms with van der Waals surface area (Å²) < 4.78 is 63.5. The van der Waals surface area contributed by atoms with Gasteiger partial charge < -0.3 is 18.1 Å². The fourth-order valence-corrected chi connectivity index (χ4v) is 7.11. The molecule has 1 saturated carbocycles. The summed E-state index contributed by atoms with van der Waals surface area (Å²) in [5.74, 6) is 1.28. The van der Waals surface area contributed by atoms with Gasteiger partial charge in [-0.15, -0.1) is 0 Å². The highest BCUT2D eigenvalue weighted by Gasteiger charge is 2.44. The molecule has 0 heterocycles. The van der Waals surface area contributed by atoms with E-state index in [4.69, 9.17) is 27.1 Å². The molecule has 0 aliphatic heterocycles. The van der Waals surface area contributed by atoms with Gasteiger partial charge in [0.1, 0.15) is 23.0 Å². The van der Waals surface area contributed by atoms with E-state index in [9.17, 15) is 9.13 Å². The highest BCUT2D eigenvalue weighted by atomic mass is 31.2. The standard InChI is InChI=1S/C30H30O8P2/c31-39(33-25-15-5-1-6-16-25,34-26-17-7-2-8-18-26)37-29-23-13-14-24-30(29)38-40(32,35-27-19-9-3-10-20-27)36-28-21-11-4-12-22-28/h1-12,15-22,29-30H,13-14,23-24H2/t29-,30+. The smallest absolute Gasteiger partial charge is 0.395 e. The molecule has 1 aliphatic carbocycles. The van der Waals surface area contributed by atoms with Crippen molar-refractivity contribution < 1.29 is 36.3 Å². The summed E-state index contributed by atoms with van der Waals surface area (Å²) in [6.07, 6.45) is 0.955. The van der Waals surface area contributed by atoms with Crippen LogP contribution in [0.1, 0.15) is 25.7 Å². The summed E-state index contributed by atoms with van der Waals surface area (Å²) in [4.78, 5) is 0. The van der Waals surface area contributed by atoms with E-state index in [0.29, 0.717) is 35.8 Å². The van der Waals surface area contributed by atoms with Crippen LogP contribution in [0.2, 0.25) is 0 Å². The molecule has 0 amide bonds. The van der Waals surface area contributed by atoms with Crippen molar-refractivity contribution in [3.05, 3.63) is 121 Å². The van der Waals surface area contributed by atoms with Crippen molar-refractivity contribution in [1.82, 2.24) is 0 Å². The average molecular weight is 581 g/mol. The molecular weight excluding hydrogens is 550 g/mol. The number of phosphoric ester groups is 2. The molecule has 0 radical (unpaired) electrons. The van der Waals surface area contributed by atoms with Crippen LogP contribution in [0, 0.1) is 0 Å². The molecule has 208 valence electrons. The second-order valence-corrected chi connectivity index (χ2v) is 12.0.